The fourth-order valence-electron chi connectivity index (χ4n) is 7.49. The van der Waals surface area contributed by atoms with Crippen LogP contribution in [0.15, 0.2) is 48.5 Å². The lowest BCUT2D eigenvalue weighted by atomic mass is 9.79. The second kappa shape index (κ2) is 11.0. The van der Waals surface area contributed by atoms with Crippen LogP contribution in [0.5, 0.6) is 0 Å². The van der Waals surface area contributed by atoms with Gasteiger partial charge in [-0.2, -0.15) is 12.7 Å². The second-order valence-electron chi connectivity index (χ2n) is 12.1. The highest BCUT2D eigenvalue weighted by molar-refractivity contribution is 7.89. The molecule has 0 spiro atoms. The lowest BCUT2D eigenvalue weighted by Crippen LogP contribution is -2.61. The van der Waals surface area contributed by atoms with Gasteiger partial charge in [0.2, 0.25) is 0 Å². The topological polar surface area (TPSA) is 60.9 Å². The van der Waals surface area contributed by atoms with E-state index in [1.165, 1.54) is 30.0 Å². The number of nitrogens with zero attached hydrogens (tertiary/aromatic N) is 4. The third-order valence-electron chi connectivity index (χ3n) is 9.55. The molecule has 6 rings (SSSR count). The van der Waals surface area contributed by atoms with Crippen LogP contribution in [0.1, 0.15) is 68.1 Å². The Morgan fingerprint density at radius 3 is 2.23 bits per heavy atom. The molecule has 3 heterocycles. The van der Waals surface area contributed by atoms with E-state index in [0.29, 0.717) is 18.8 Å². The highest BCUT2D eigenvalue weighted by Gasteiger charge is 2.60. The molecule has 1 unspecified atom stereocenters. The number of carbonyl (C=O) groups excluding carboxylic acids is 1. The normalized spacial score (nSPS) is 24.5. The first-order valence-electron chi connectivity index (χ1n) is 15.1. The van der Waals surface area contributed by atoms with Gasteiger partial charge in [0.1, 0.15) is 0 Å². The maximum absolute atomic E-state index is 14.7. The van der Waals surface area contributed by atoms with Crippen LogP contribution in [-0.4, -0.2) is 75.2 Å². The summed E-state index contributed by atoms with van der Waals surface area (Å²) in [6.45, 7) is 3.93. The first-order valence-corrected chi connectivity index (χ1v) is 16.5. The van der Waals surface area contributed by atoms with Gasteiger partial charge in [0.25, 0.3) is 5.91 Å². The van der Waals surface area contributed by atoms with E-state index < -0.39 is 14.1 Å². The lowest BCUT2D eigenvalue weighted by molar-refractivity contribution is -0.131. The summed E-state index contributed by atoms with van der Waals surface area (Å²) in [6.07, 6.45) is 9.29. The number of likely N-dealkylation sites (tertiary alicyclic amines) is 1. The average Bonchev–Trinajstić information content (AvgIpc) is 3.26. The van der Waals surface area contributed by atoms with Crippen molar-refractivity contribution < 1.29 is 13.2 Å². The smallest absolute Gasteiger partial charge is 0.332 e. The van der Waals surface area contributed by atoms with Crippen molar-refractivity contribution in [2.24, 2.45) is 5.92 Å². The predicted octanol–water partition coefficient (Wildman–Crippen LogP) is 5.09. The summed E-state index contributed by atoms with van der Waals surface area (Å²) in [5.74, 6) is 0.175. The zero-order valence-electron chi connectivity index (χ0n) is 24.0. The zero-order chi connectivity index (χ0) is 27.9. The molecule has 0 bridgehead atoms. The number of rotatable bonds is 6. The van der Waals surface area contributed by atoms with E-state index in [1.807, 2.05) is 35.2 Å². The van der Waals surface area contributed by atoms with E-state index >= 15 is 0 Å². The van der Waals surface area contributed by atoms with Gasteiger partial charge >= 0.3 is 10.2 Å². The molecule has 2 fully saturated rings. The molecule has 7 nitrogen and oxygen atoms in total. The average molecular weight is 564 g/mol. The fourth-order valence-corrected chi connectivity index (χ4v) is 9.16. The summed E-state index contributed by atoms with van der Waals surface area (Å²) >= 11 is 0. The third kappa shape index (κ3) is 4.53. The maximum Gasteiger partial charge on any atom is 0.382 e. The highest BCUT2D eigenvalue weighted by atomic mass is 32.2. The van der Waals surface area contributed by atoms with Gasteiger partial charge in [-0.15, -0.1) is 3.89 Å². The molecule has 1 atom stereocenters. The van der Waals surface area contributed by atoms with E-state index in [9.17, 15) is 13.2 Å². The monoisotopic (exact) mass is 563 g/mol. The van der Waals surface area contributed by atoms with E-state index in [4.69, 9.17) is 0 Å². The maximum atomic E-state index is 14.7. The van der Waals surface area contributed by atoms with Gasteiger partial charge < -0.3 is 9.80 Å². The zero-order valence-corrected chi connectivity index (χ0v) is 24.8. The van der Waals surface area contributed by atoms with Gasteiger partial charge in [0.05, 0.1) is 0 Å². The summed E-state index contributed by atoms with van der Waals surface area (Å²) in [6, 6.07) is 16.2. The van der Waals surface area contributed by atoms with Crippen LogP contribution in [-0.2, 0) is 21.5 Å². The number of amides is 1. The van der Waals surface area contributed by atoms with Crippen molar-refractivity contribution >= 4 is 33.1 Å². The minimum atomic E-state index is -4.00. The van der Waals surface area contributed by atoms with Crippen LogP contribution in [0.4, 0.5) is 5.69 Å². The SMILES string of the molecule is CN(C)S(=O)(=O)[N+]12CC(=O)N(CCN3CCCCC3)Cc3ccccc3C1=C(C1CCCCC1)c1ccccc12. The van der Waals surface area contributed by atoms with Crippen LogP contribution in [0.3, 0.4) is 0 Å². The Morgan fingerprint density at radius 2 is 1.50 bits per heavy atom. The molecular formula is C32H43N4O3S+. The van der Waals surface area contributed by atoms with Gasteiger partial charge in [0, 0.05) is 56.5 Å². The molecule has 0 radical (unpaired) electrons. The van der Waals surface area contributed by atoms with E-state index in [-0.39, 0.29) is 18.4 Å². The van der Waals surface area contributed by atoms with Gasteiger partial charge in [-0.25, -0.2) is 0 Å². The third-order valence-corrected chi connectivity index (χ3v) is 11.8. The molecule has 4 aliphatic rings. The fraction of sp³-hybridized carbons (Fsp3) is 0.531. The van der Waals surface area contributed by atoms with E-state index in [2.05, 4.69) is 23.1 Å². The lowest BCUT2D eigenvalue weighted by Gasteiger charge is -2.40. The molecule has 214 valence electrons. The number of hydrogen-bond acceptors (Lipinski definition) is 4. The Balaban J connectivity index is 1.57. The first-order chi connectivity index (χ1) is 19.3. The number of para-hydroxylation sites is 1. The number of hydrogen-bond donors (Lipinski definition) is 0. The van der Waals surface area contributed by atoms with Crippen molar-refractivity contribution in [2.45, 2.75) is 57.9 Å². The summed E-state index contributed by atoms with van der Waals surface area (Å²) in [4.78, 5) is 18.7. The van der Waals surface area contributed by atoms with Crippen molar-refractivity contribution in [3.8, 4) is 0 Å². The van der Waals surface area contributed by atoms with Gasteiger partial charge in [-0.3, -0.25) is 4.79 Å². The predicted molar refractivity (Wildman–Crippen MR) is 161 cm³/mol. The second-order valence-corrected chi connectivity index (χ2v) is 14.4. The number of fused-ring (bicyclic) bond motifs is 5. The first kappa shape index (κ1) is 27.6. The molecule has 2 aromatic carbocycles. The number of carbonyl (C=O) groups is 1. The van der Waals surface area contributed by atoms with Gasteiger partial charge in [-0.05, 0) is 62.4 Å². The number of allylic oxidation sites excluding steroid dienone is 1. The number of piperidine rings is 1. The highest BCUT2D eigenvalue weighted by Crippen LogP contribution is 2.57. The molecule has 1 saturated heterocycles. The van der Waals surface area contributed by atoms with Crippen molar-refractivity contribution in [3.05, 3.63) is 65.2 Å². The molecule has 2 aromatic rings. The summed E-state index contributed by atoms with van der Waals surface area (Å²) < 4.78 is 30.3. The van der Waals surface area contributed by atoms with E-state index in [0.717, 1.165) is 73.3 Å². The van der Waals surface area contributed by atoms with Crippen LogP contribution < -0.4 is 3.89 Å². The molecule has 40 heavy (non-hydrogen) atoms. The summed E-state index contributed by atoms with van der Waals surface area (Å²) in [5.41, 5.74) is 5.66. The summed E-state index contributed by atoms with van der Waals surface area (Å²) in [7, 11) is -0.799. The minimum absolute atomic E-state index is 0.103. The van der Waals surface area contributed by atoms with Crippen molar-refractivity contribution in [1.29, 1.82) is 0 Å². The Labute approximate surface area is 239 Å². The van der Waals surface area contributed by atoms with Crippen molar-refractivity contribution in [2.75, 3.05) is 46.8 Å². The number of benzene rings is 2. The van der Waals surface area contributed by atoms with Crippen molar-refractivity contribution in [1.82, 2.24) is 18.0 Å². The molecule has 0 N–H and O–H groups in total. The molecule has 8 heteroatoms. The minimum Gasteiger partial charge on any atom is -0.332 e. The Morgan fingerprint density at radius 1 is 0.850 bits per heavy atom. The largest absolute Gasteiger partial charge is 0.382 e. The Hall–Kier alpha value is -2.52. The van der Waals surface area contributed by atoms with Crippen LogP contribution >= 0.6 is 0 Å². The Bertz CT molecular complexity index is 1410. The molecule has 1 saturated carbocycles. The molecule has 1 aliphatic carbocycles. The molecular weight excluding hydrogens is 520 g/mol. The molecule has 3 aliphatic heterocycles. The van der Waals surface area contributed by atoms with Gasteiger partial charge in [-0.1, -0.05) is 56.0 Å². The molecule has 1 amide bonds. The van der Waals surface area contributed by atoms with Gasteiger partial charge in [0.15, 0.2) is 17.9 Å². The van der Waals surface area contributed by atoms with E-state index in [1.54, 1.807) is 14.1 Å². The van der Waals surface area contributed by atoms with Crippen LogP contribution in [0.25, 0.3) is 11.3 Å². The van der Waals surface area contributed by atoms with Crippen molar-refractivity contribution in [3.63, 3.8) is 0 Å². The Kier molecular flexibility index (Phi) is 7.63. The summed E-state index contributed by atoms with van der Waals surface area (Å²) in [5, 5.41) is 0. The standard InChI is InChI=1S/C32H43N4O3S/c1-33(2)40(38,39)36-24-30(37)35(22-21-34-19-11-4-12-20-34)23-26-15-7-8-16-27(26)32(36)31(25-13-5-3-6-14-25)28-17-9-10-18-29(28)36/h7-10,15-18,25H,3-6,11-14,19-24H2,1-2H3/q+1. The molecule has 0 aromatic heterocycles. The van der Waals surface area contributed by atoms with Crippen LogP contribution in [0, 0.1) is 5.92 Å². The quantitative estimate of drug-likeness (QED) is 0.460. The number of quaternary nitrogens is 1. The van der Waals surface area contributed by atoms with Crippen LogP contribution in [0.2, 0.25) is 0 Å².